The molecule has 162 valence electrons. The minimum Gasteiger partial charge on any atom is -0.492 e. The van der Waals surface area contributed by atoms with Crippen molar-refractivity contribution in [2.45, 2.75) is 44.4 Å². The molecule has 0 bridgehead atoms. The van der Waals surface area contributed by atoms with Crippen molar-refractivity contribution in [2.75, 3.05) is 47.1 Å². The highest BCUT2D eigenvalue weighted by Gasteiger charge is 2.40. The van der Waals surface area contributed by atoms with Crippen molar-refractivity contribution in [3.05, 3.63) is 22.2 Å². The summed E-state index contributed by atoms with van der Waals surface area (Å²) in [6.07, 6.45) is 2.44. The second-order valence-corrected chi connectivity index (χ2v) is 8.30. The lowest BCUT2D eigenvalue weighted by Crippen LogP contribution is -2.50. The molecule has 1 saturated carbocycles. The predicted octanol–water partition coefficient (Wildman–Crippen LogP) is 2.91. The van der Waals surface area contributed by atoms with E-state index in [0.29, 0.717) is 37.9 Å². The van der Waals surface area contributed by atoms with Crippen LogP contribution in [0.15, 0.2) is 16.6 Å². The molecule has 1 aromatic carbocycles. The first kappa shape index (κ1) is 22.3. The van der Waals surface area contributed by atoms with E-state index in [9.17, 15) is 4.79 Å². The molecule has 1 N–H and O–H groups in total. The van der Waals surface area contributed by atoms with Gasteiger partial charge in [0.2, 0.25) is 0 Å². The molecule has 29 heavy (non-hydrogen) atoms. The van der Waals surface area contributed by atoms with Gasteiger partial charge in [-0.2, -0.15) is 0 Å². The molecule has 7 nitrogen and oxygen atoms in total. The summed E-state index contributed by atoms with van der Waals surface area (Å²) in [5.41, 5.74) is 1.00. The van der Waals surface area contributed by atoms with Crippen molar-refractivity contribution in [1.29, 1.82) is 0 Å². The monoisotopic (exact) mass is 470 g/mol. The first-order chi connectivity index (χ1) is 14.1. The SMILES string of the molecule is COCCCOc1cc(C(C)N(C(=O)C2CNCCO2)C2CC2)cc(Br)c1OC. The number of rotatable bonds is 10. The van der Waals surface area contributed by atoms with Gasteiger partial charge >= 0.3 is 0 Å². The van der Waals surface area contributed by atoms with Gasteiger partial charge < -0.3 is 29.2 Å². The second-order valence-electron chi connectivity index (χ2n) is 7.45. The number of morpholine rings is 1. The largest absolute Gasteiger partial charge is 0.492 e. The third kappa shape index (κ3) is 5.63. The predicted molar refractivity (Wildman–Crippen MR) is 114 cm³/mol. The fourth-order valence-electron chi connectivity index (χ4n) is 3.61. The quantitative estimate of drug-likeness (QED) is 0.530. The summed E-state index contributed by atoms with van der Waals surface area (Å²) >= 11 is 3.60. The summed E-state index contributed by atoms with van der Waals surface area (Å²) in [4.78, 5) is 15.2. The van der Waals surface area contributed by atoms with Crippen LogP contribution in [0.1, 0.15) is 37.8 Å². The Morgan fingerprint density at radius 3 is 2.76 bits per heavy atom. The first-order valence-electron chi connectivity index (χ1n) is 10.2. The normalized spacial score (nSPS) is 20.2. The van der Waals surface area contributed by atoms with E-state index in [1.54, 1.807) is 14.2 Å². The van der Waals surface area contributed by atoms with Crippen molar-refractivity contribution in [3.8, 4) is 11.5 Å². The van der Waals surface area contributed by atoms with Crippen LogP contribution in [-0.2, 0) is 14.3 Å². The van der Waals surface area contributed by atoms with Crippen molar-refractivity contribution < 1.29 is 23.7 Å². The Morgan fingerprint density at radius 2 is 2.14 bits per heavy atom. The van der Waals surface area contributed by atoms with Gasteiger partial charge in [0.1, 0.15) is 6.10 Å². The van der Waals surface area contributed by atoms with Crippen LogP contribution < -0.4 is 14.8 Å². The molecule has 2 aliphatic rings. The molecule has 1 aliphatic heterocycles. The summed E-state index contributed by atoms with van der Waals surface area (Å²) in [5.74, 6) is 1.38. The third-order valence-corrected chi connectivity index (χ3v) is 5.87. The van der Waals surface area contributed by atoms with E-state index in [0.717, 1.165) is 35.8 Å². The highest BCUT2D eigenvalue weighted by Crippen LogP contribution is 2.41. The summed E-state index contributed by atoms with van der Waals surface area (Å²) in [6.45, 7) is 5.15. The van der Waals surface area contributed by atoms with E-state index in [2.05, 4.69) is 28.2 Å². The van der Waals surface area contributed by atoms with Crippen LogP contribution in [0.5, 0.6) is 11.5 Å². The zero-order chi connectivity index (χ0) is 20.8. The molecule has 8 heteroatoms. The van der Waals surface area contributed by atoms with Gasteiger partial charge in [-0.25, -0.2) is 0 Å². The van der Waals surface area contributed by atoms with Crippen LogP contribution >= 0.6 is 15.9 Å². The number of hydrogen-bond acceptors (Lipinski definition) is 6. The van der Waals surface area contributed by atoms with Crippen molar-refractivity contribution in [2.24, 2.45) is 0 Å². The lowest BCUT2D eigenvalue weighted by molar-refractivity contribution is -0.148. The third-order valence-electron chi connectivity index (χ3n) is 5.28. The fourth-order valence-corrected chi connectivity index (χ4v) is 4.23. The van der Waals surface area contributed by atoms with Gasteiger partial charge in [-0.15, -0.1) is 0 Å². The number of hydrogen-bond donors (Lipinski definition) is 1. The van der Waals surface area contributed by atoms with Crippen LogP contribution in [-0.4, -0.2) is 70.1 Å². The number of amides is 1. The molecule has 1 aromatic rings. The molecular weight excluding hydrogens is 440 g/mol. The zero-order valence-electron chi connectivity index (χ0n) is 17.4. The van der Waals surface area contributed by atoms with Gasteiger partial charge in [-0.1, -0.05) is 0 Å². The van der Waals surface area contributed by atoms with Crippen molar-refractivity contribution in [3.63, 3.8) is 0 Å². The first-order valence-corrected chi connectivity index (χ1v) is 11.0. The Kier molecular flexibility index (Phi) is 8.17. The average molecular weight is 471 g/mol. The molecule has 1 saturated heterocycles. The van der Waals surface area contributed by atoms with Gasteiger partial charge in [-0.3, -0.25) is 4.79 Å². The highest BCUT2D eigenvalue weighted by molar-refractivity contribution is 9.10. The van der Waals surface area contributed by atoms with E-state index in [1.165, 1.54) is 0 Å². The van der Waals surface area contributed by atoms with Gasteiger partial charge in [0.15, 0.2) is 11.5 Å². The van der Waals surface area contributed by atoms with Crippen LogP contribution in [0.25, 0.3) is 0 Å². The minimum absolute atomic E-state index is 0.0571. The number of nitrogens with zero attached hydrogens (tertiary/aromatic N) is 1. The Bertz CT molecular complexity index is 692. The molecule has 1 heterocycles. The van der Waals surface area contributed by atoms with Crippen molar-refractivity contribution in [1.82, 2.24) is 10.2 Å². The van der Waals surface area contributed by atoms with E-state index in [1.807, 2.05) is 17.0 Å². The summed E-state index contributed by atoms with van der Waals surface area (Å²) < 4.78 is 23.1. The number of carbonyl (C=O) groups is 1. The van der Waals surface area contributed by atoms with E-state index >= 15 is 0 Å². The van der Waals surface area contributed by atoms with E-state index in [4.69, 9.17) is 18.9 Å². The smallest absolute Gasteiger partial charge is 0.253 e. The summed E-state index contributed by atoms with van der Waals surface area (Å²) in [6, 6.07) is 4.16. The molecule has 2 fully saturated rings. The zero-order valence-corrected chi connectivity index (χ0v) is 19.0. The molecule has 0 radical (unpaired) electrons. The molecule has 0 aromatic heterocycles. The number of ether oxygens (including phenoxy) is 4. The molecule has 2 unspecified atom stereocenters. The average Bonchev–Trinajstić information content (AvgIpc) is 3.56. The van der Waals surface area contributed by atoms with Gasteiger partial charge in [0.25, 0.3) is 5.91 Å². The molecular formula is C21H31BrN2O5. The van der Waals surface area contributed by atoms with E-state index < -0.39 is 6.10 Å². The molecule has 1 aliphatic carbocycles. The van der Waals surface area contributed by atoms with Crippen LogP contribution in [0.2, 0.25) is 0 Å². The number of nitrogens with one attached hydrogen (secondary N) is 1. The van der Waals surface area contributed by atoms with Crippen LogP contribution in [0, 0.1) is 0 Å². The fraction of sp³-hybridized carbons (Fsp3) is 0.667. The number of halogens is 1. The number of benzene rings is 1. The molecule has 3 rings (SSSR count). The maximum absolute atomic E-state index is 13.2. The summed E-state index contributed by atoms with van der Waals surface area (Å²) in [7, 11) is 3.30. The van der Waals surface area contributed by atoms with Gasteiger partial charge in [0.05, 0.1) is 30.8 Å². The maximum Gasteiger partial charge on any atom is 0.253 e. The highest BCUT2D eigenvalue weighted by atomic mass is 79.9. The van der Waals surface area contributed by atoms with Gasteiger partial charge in [-0.05, 0) is 53.4 Å². The van der Waals surface area contributed by atoms with E-state index in [-0.39, 0.29) is 18.0 Å². The lowest BCUT2D eigenvalue weighted by atomic mass is 10.0. The Labute approximate surface area is 181 Å². The topological polar surface area (TPSA) is 69.3 Å². The van der Waals surface area contributed by atoms with Crippen LogP contribution in [0.3, 0.4) is 0 Å². The van der Waals surface area contributed by atoms with Crippen molar-refractivity contribution >= 4 is 21.8 Å². The molecule has 1 amide bonds. The number of methoxy groups -OCH3 is 2. The Hall–Kier alpha value is -1.35. The number of carbonyl (C=O) groups excluding carboxylic acids is 1. The maximum atomic E-state index is 13.2. The molecule has 0 spiro atoms. The second kappa shape index (κ2) is 10.6. The van der Waals surface area contributed by atoms with Gasteiger partial charge in [0, 0.05) is 39.3 Å². The summed E-state index contributed by atoms with van der Waals surface area (Å²) in [5, 5.41) is 3.25. The lowest BCUT2D eigenvalue weighted by Gasteiger charge is -2.34. The Balaban J connectivity index is 1.80. The molecule has 2 atom stereocenters. The Morgan fingerprint density at radius 1 is 1.34 bits per heavy atom. The minimum atomic E-state index is -0.418. The van der Waals surface area contributed by atoms with Crippen LogP contribution in [0.4, 0.5) is 0 Å². The standard InChI is InChI=1S/C21H31BrN2O5/c1-14(24(16-5-6-16)21(25)19-13-23-7-10-29-19)15-11-17(22)20(27-3)18(12-15)28-9-4-8-26-2/h11-12,14,16,19,23H,4-10,13H2,1-3H3.